The van der Waals surface area contributed by atoms with Crippen molar-refractivity contribution in [3.63, 3.8) is 0 Å². The summed E-state index contributed by atoms with van der Waals surface area (Å²) in [6.07, 6.45) is 2.41. The van der Waals surface area contributed by atoms with E-state index in [0.29, 0.717) is 19.1 Å². The van der Waals surface area contributed by atoms with Gasteiger partial charge in [0.05, 0.1) is 6.54 Å². The second-order valence-electron chi connectivity index (χ2n) is 5.32. The summed E-state index contributed by atoms with van der Waals surface area (Å²) in [5.74, 6) is 0.359. The number of carbonyl (C=O) groups excluding carboxylic acids is 1. The van der Waals surface area contributed by atoms with Crippen LogP contribution in [-0.2, 0) is 16.1 Å². The highest BCUT2D eigenvalue weighted by Gasteiger charge is 2.23. The van der Waals surface area contributed by atoms with Gasteiger partial charge in [0.15, 0.2) is 5.96 Å². The van der Waals surface area contributed by atoms with E-state index in [1.807, 2.05) is 24.3 Å². The molecule has 0 aliphatic carbocycles. The molecule has 0 bridgehead atoms. The van der Waals surface area contributed by atoms with E-state index in [2.05, 4.69) is 22.5 Å². The fourth-order valence-electron chi connectivity index (χ4n) is 2.24. The molecule has 1 saturated heterocycles. The van der Waals surface area contributed by atoms with Gasteiger partial charge in [0.25, 0.3) is 5.91 Å². The lowest BCUT2D eigenvalue weighted by Crippen LogP contribution is -2.32. The summed E-state index contributed by atoms with van der Waals surface area (Å²) >= 11 is 0. The lowest BCUT2D eigenvalue weighted by molar-refractivity contribution is -0.124. The minimum absolute atomic E-state index is 0.0812. The number of anilines is 1. The minimum Gasteiger partial charge on any atom is -0.370 e. The lowest BCUT2D eigenvalue weighted by Gasteiger charge is -2.11. The Bertz CT molecular complexity index is 525. The number of benzene rings is 1. The van der Waals surface area contributed by atoms with E-state index < -0.39 is 0 Å². The van der Waals surface area contributed by atoms with E-state index in [9.17, 15) is 4.79 Å². The van der Waals surface area contributed by atoms with Crippen LogP contribution in [-0.4, -0.2) is 31.1 Å². The third kappa shape index (κ3) is 5.04. The van der Waals surface area contributed by atoms with Gasteiger partial charge in [-0.1, -0.05) is 19.1 Å². The van der Waals surface area contributed by atoms with E-state index >= 15 is 0 Å². The average molecular weight is 304 g/mol. The van der Waals surface area contributed by atoms with Crippen LogP contribution < -0.4 is 16.4 Å². The molecule has 1 atom stereocenters. The predicted octanol–water partition coefficient (Wildman–Crippen LogP) is 1.62. The molecule has 120 valence electrons. The number of rotatable bonds is 6. The summed E-state index contributed by atoms with van der Waals surface area (Å²) in [4.78, 5) is 16.3. The van der Waals surface area contributed by atoms with Gasteiger partial charge in [0.2, 0.25) is 0 Å². The molecule has 4 N–H and O–H groups in total. The highest BCUT2D eigenvalue weighted by molar-refractivity contribution is 5.94. The number of guanidine groups is 1. The largest absolute Gasteiger partial charge is 0.370 e. The van der Waals surface area contributed by atoms with Crippen LogP contribution in [0.3, 0.4) is 0 Å². The highest BCUT2D eigenvalue weighted by atomic mass is 16.5. The van der Waals surface area contributed by atoms with Gasteiger partial charge in [-0.3, -0.25) is 4.79 Å². The number of carbonyl (C=O) groups is 1. The average Bonchev–Trinajstić information content (AvgIpc) is 3.06. The van der Waals surface area contributed by atoms with Crippen molar-refractivity contribution in [2.75, 3.05) is 18.5 Å². The Labute approximate surface area is 131 Å². The molecule has 0 saturated carbocycles. The van der Waals surface area contributed by atoms with Crippen LogP contribution in [0.5, 0.6) is 0 Å². The molecule has 1 aromatic rings. The summed E-state index contributed by atoms with van der Waals surface area (Å²) < 4.78 is 5.37. The van der Waals surface area contributed by atoms with Gasteiger partial charge in [-0.25, -0.2) is 4.99 Å². The molecule has 22 heavy (non-hydrogen) atoms. The first kappa shape index (κ1) is 16.3. The van der Waals surface area contributed by atoms with Crippen LogP contribution in [0.1, 0.15) is 31.7 Å². The third-order valence-electron chi connectivity index (χ3n) is 3.40. The predicted molar refractivity (Wildman–Crippen MR) is 87.7 cm³/mol. The van der Waals surface area contributed by atoms with Gasteiger partial charge in [-0.15, -0.1) is 0 Å². The fourth-order valence-corrected chi connectivity index (χ4v) is 2.24. The van der Waals surface area contributed by atoms with Crippen LogP contribution in [0, 0.1) is 0 Å². The number of aliphatic imine (C=N–C) groups is 1. The zero-order valence-electron chi connectivity index (χ0n) is 13.0. The molecule has 1 aromatic carbocycles. The Morgan fingerprint density at radius 2 is 2.36 bits per heavy atom. The van der Waals surface area contributed by atoms with Crippen molar-refractivity contribution < 1.29 is 9.53 Å². The van der Waals surface area contributed by atoms with E-state index in [1.165, 1.54) is 0 Å². The van der Waals surface area contributed by atoms with Gasteiger partial charge in [0.1, 0.15) is 6.10 Å². The summed E-state index contributed by atoms with van der Waals surface area (Å²) in [7, 11) is 0. The summed E-state index contributed by atoms with van der Waals surface area (Å²) in [6, 6.07) is 7.62. The monoisotopic (exact) mass is 304 g/mol. The Hall–Kier alpha value is -2.08. The Balaban J connectivity index is 1.90. The molecule has 1 fully saturated rings. The van der Waals surface area contributed by atoms with E-state index in [0.717, 1.165) is 37.1 Å². The quantitative estimate of drug-likeness (QED) is 0.550. The summed E-state index contributed by atoms with van der Waals surface area (Å²) in [6.45, 7) is 4.02. The first-order valence-corrected chi connectivity index (χ1v) is 7.74. The van der Waals surface area contributed by atoms with Crippen LogP contribution in [0.4, 0.5) is 5.69 Å². The Morgan fingerprint density at radius 3 is 3.09 bits per heavy atom. The van der Waals surface area contributed by atoms with Crippen molar-refractivity contribution in [1.82, 2.24) is 5.32 Å². The molecule has 6 nitrogen and oxygen atoms in total. The third-order valence-corrected chi connectivity index (χ3v) is 3.40. The van der Waals surface area contributed by atoms with Crippen LogP contribution in [0.15, 0.2) is 29.3 Å². The van der Waals surface area contributed by atoms with Crippen molar-refractivity contribution in [3.8, 4) is 0 Å². The molecule has 1 aliphatic rings. The van der Waals surface area contributed by atoms with Crippen LogP contribution in [0.2, 0.25) is 0 Å². The van der Waals surface area contributed by atoms with Gasteiger partial charge in [-0.2, -0.15) is 0 Å². The van der Waals surface area contributed by atoms with Crippen molar-refractivity contribution in [3.05, 3.63) is 29.8 Å². The number of nitrogens with one attached hydrogen (secondary N) is 2. The standard InChI is InChI=1S/C16H24N4O2/c1-2-8-18-16(17)19-11-12-5-3-6-13(10-12)20-15(21)14-7-4-9-22-14/h3,5-6,10,14H,2,4,7-9,11H2,1H3,(H,20,21)(H3,17,18,19). The zero-order valence-corrected chi connectivity index (χ0v) is 13.0. The number of hydrogen-bond acceptors (Lipinski definition) is 3. The second-order valence-corrected chi connectivity index (χ2v) is 5.32. The van der Waals surface area contributed by atoms with Crippen molar-refractivity contribution in [2.24, 2.45) is 10.7 Å². The maximum absolute atomic E-state index is 12.0. The fraction of sp³-hybridized carbons (Fsp3) is 0.500. The molecule has 0 aromatic heterocycles. The van der Waals surface area contributed by atoms with E-state index in [1.54, 1.807) is 0 Å². The maximum Gasteiger partial charge on any atom is 0.253 e. The number of ether oxygens (including phenoxy) is 1. The molecular formula is C16H24N4O2. The smallest absolute Gasteiger partial charge is 0.253 e. The Kier molecular flexibility index (Phi) is 6.21. The van der Waals surface area contributed by atoms with E-state index in [4.69, 9.17) is 10.5 Å². The minimum atomic E-state index is -0.324. The zero-order chi connectivity index (χ0) is 15.8. The molecule has 6 heteroatoms. The molecule has 1 aliphatic heterocycles. The number of amides is 1. The Morgan fingerprint density at radius 1 is 1.50 bits per heavy atom. The number of hydrogen-bond donors (Lipinski definition) is 3. The molecule has 1 heterocycles. The van der Waals surface area contributed by atoms with Crippen molar-refractivity contribution >= 4 is 17.6 Å². The molecule has 1 unspecified atom stereocenters. The van der Waals surface area contributed by atoms with Gasteiger partial charge < -0.3 is 21.1 Å². The van der Waals surface area contributed by atoms with Gasteiger partial charge in [0, 0.05) is 18.8 Å². The molecule has 0 spiro atoms. The van der Waals surface area contributed by atoms with Crippen molar-refractivity contribution in [2.45, 2.75) is 38.8 Å². The molecule has 1 amide bonds. The maximum atomic E-state index is 12.0. The van der Waals surface area contributed by atoms with Crippen molar-refractivity contribution in [1.29, 1.82) is 0 Å². The summed E-state index contributed by atoms with van der Waals surface area (Å²) in [5.41, 5.74) is 7.51. The second kappa shape index (κ2) is 8.38. The van der Waals surface area contributed by atoms with Crippen LogP contribution in [0.25, 0.3) is 0 Å². The SMILES string of the molecule is CCCNC(N)=NCc1cccc(NC(=O)C2CCCO2)c1. The normalized spacial score (nSPS) is 18.2. The van der Waals surface area contributed by atoms with E-state index in [-0.39, 0.29) is 12.0 Å². The van der Waals surface area contributed by atoms with Gasteiger partial charge >= 0.3 is 0 Å². The number of nitrogens with two attached hydrogens (primary N) is 1. The van der Waals surface area contributed by atoms with Gasteiger partial charge in [-0.05, 0) is 37.0 Å². The van der Waals surface area contributed by atoms with Crippen LogP contribution >= 0.6 is 0 Å². The number of nitrogens with zero attached hydrogens (tertiary/aromatic N) is 1. The first-order chi connectivity index (χ1) is 10.7. The lowest BCUT2D eigenvalue weighted by atomic mass is 10.2. The first-order valence-electron chi connectivity index (χ1n) is 7.74. The highest BCUT2D eigenvalue weighted by Crippen LogP contribution is 2.16. The molecular weight excluding hydrogens is 280 g/mol. The summed E-state index contributed by atoms with van der Waals surface area (Å²) in [5, 5.41) is 5.91. The molecule has 0 radical (unpaired) electrons. The molecule has 2 rings (SSSR count). The topological polar surface area (TPSA) is 88.7 Å².